The van der Waals surface area contributed by atoms with Crippen molar-refractivity contribution >= 4 is 29.9 Å². The molecule has 0 bridgehead atoms. The number of aromatic nitrogens is 1. The van der Waals surface area contributed by atoms with Gasteiger partial charge in [-0.05, 0) is 38.1 Å². The van der Waals surface area contributed by atoms with E-state index in [9.17, 15) is 9.90 Å². The maximum atomic E-state index is 11.3. The van der Waals surface area contributed by atoms with E-state index < -0.39 is 6.09 Å². The second-order valence-corrected chi connectivity index (χ2v) is 4.30. The number of carboxylic acid groups (broad SMARTS) is 1. The first-order valence-corrected chi connectivity index (χ1v) is 6.14. The minimum atomic E-state index is -1.13. The molecule has 0 fully saturated rings. The molecule has 0 aliphatic rings. The largest absolute Gasteiger partial charge is 0.463 e. The predicted octanol–water partition coefficient (Wildman–Crippen LogP) is 3.72. The fourth-order valence-corrected chi connectivity index (χ4v) is 1.67. The molecule has 1 heterocycles. The van der Waals surface area contributed by atoms with E-state index in [4.69, 9.17) is 0 Å². The molecule has 110 valence electrons. The molecule has 2 aromatic rings. The SMILES string of the molecule is CC(=NN(C(=O)O)c1ccccc1)c1ccc(C)nc1.Cl. The molecule has 21 heavy (non-hydrogen) atoms. The summed E-state index contributed by atoms with van der Waals surface area (Å²) in [7, 11) is 0. The van der Waals surface area contributed by atoms with Gasteiger partial charge in [-0.2, -0.15) is 10.1 Å². The Labute approximate surface area is 129 Å². The van der Waals surface area contributed by atoms with Crippen molar-refractivity contribution in [2.45, 2.75) is 13.8 Å². The van der Waals surface area contributed by atoms with Gasteiger partial charge in [-0.3, -0.25) is 4.98 Å². The van der Waals surface area contributed by atoms with Gasteiger partial charge in [-0.25, -0.2) is 4.79 Å². The van der Waals surface area contributed by atoms with Gasteiger partial charge in [-0.15, -0.1) is 12.4 Å². The van der Waals surface area contributed by atoms with E-state index in [1.807, 2.05) is 25.1 Å². The topological polar surface area (TPSA) is 65.8 Å². The van der Waals surface area contributed by atoms with Crippen LogP contribution >= 0.6 is 12.4 Å². The van der Waals surface area contributed by atoms with Gasteiger partial charge in [0, 0.05) is 17.5 Å². The maximum absolute atomic E-state index is 11.3. The van der Waals surface area contributed by atoms with Gasteiger partial charge in [0.05, 0.1) is 11.4 Å². The van der Waals surface area contributed by atoms with E-state index in [2.05, 4.69) is 10.1 Å². The second-order valence-electron chi connectivity index (χ2n) is 4.30. The molecular formula is C15H16ClN3O2. The van der Waals surface area contributed by atoms with Gasteiger partial charge in [0.1, 0.15) is 0 Å². The summed E-state index contributed by atoms with van der Waals surface area (Å²) in [5.41, 5.74) is 2.78. The minimum Gasteiger partial charge on any atom is -0.463 e. The molecule has 0 unspecified atom stereocenters. The van der Waals surface area contributed by atoms with Crippen molar-refractivity contribution in [3.05, 3.63) is 59.9 Å². The standard InChI is InChI=1S/C15H15N3O2.ClH/c1-11-8-9-13(10-16-11)12(2)17-18(15(19)20)14-6-4-3-5-7-14;/h3-10H,1-2H3,(H,19,20);1H. The van der Waals surface area contributed by atoms with Crippen molar-refractivity contribution in [1.29, 1.82) is 0 Å². The lowest BCUT2D eigenvalue weighted by molar-refractivity contribution is 0.202. The molecule has 0 aliphatic carbocycles. The fraction of sp³-hybridized carbons (Fsp3) is 0.133. The molecule has 0 spiro atoms. The van der Waals surface area contributed by atoms with Gasteiger partial charge in [0.25, 0.3) is 0 Å². The number of hydrogen-bond donors (Lipinski definition) is 1. The van der Waals surface area contributed by atoms with Gasteiger partial charge < -0.3 is 5.11 Å². The highest BCUT2D eigenvalue weighted by molar-refractivity contribution is 6.01. The second kappa shape index (κ2) is 7.40. The molecular weight excluding hydrogens is 290 g/mol. The molecule has 0 atom stereocenters. The average Bonchev–Trinajstić information content (AvgIpc) is 2.46. The van der Waals surface area contributed by atoms with Crippen molar-refractivity contribution < 1.29 is 9.90 Å². The Morgan fingerprint density at radius 3 is 2.38 bits per heavy atom. The lowest BCUT2D eigenvalue weighted by Crippen LogP contribution is -2.24. The van der Waals surface area contributed by atoms with Crippen molar-refractivity contribution in [2.24, 2.45) is 5.10 Å². The molecule has 6 heteroatoms. The monoisotopic (exact) mass is 305 g/mol. The third-order valence-corrected chi connectivity index (χ3v) is 2.76. The van der Waals surface area contributed by atoms with Gasteiger partial charge >= 0.3 is 6.09 Å². The molecule has 1 aromatic heterocycles. The van der Waals surface area contributed by atoms with E-state index in [0.29, 0.717) is 11.4 Å². The summed E-state index contributed by atoms with van der Waals surface area (Å²) in [5.74, 6) is 0. The van der Waals surface area contributed by atoms with Crippen LogP contribution in [0.1, 0.15) is 18.2 Å². The normalized spacial score (nSPS) is 10.7. The molecule has 5 nitrogen and oxygen atoms in total. The van der Waals surface area contributed by atoms with Gasteiger partial charge in [0.2, 0.25) is 0 Å². The Balaban J connectivity index is 0.00000220. The summed E-state index contributed by atoms with van der Waals surface area (Å²) in [4.78, 5) is 15.5. The molecule has 1 aromatic carbocycles. The first kappa shape index (κ1) is 16.7. The lowest BCUT2D eigenvalue weighted by atomic mass is 10.2. The third-order valence-electron chi connectivity index (χ3n) is 2.76. The average molecular weight is 306 g/mol. The fourth-order valence-electron chi connectivity index (χ4n) is 1.67. The molecule has 0 aliphatic heterocycles. The van der Waals surface area contributed by atoms with Crippen LogP contribution in [0.3, 0.4) is 0 Å². The Hall–Kier alpha value is -2.40. The number of benzene rings is 1. The van der Waals surface area contributed by atoms with Crippen LogP contribution in [0.4, 0.5) is 10.5 Å². The molecule has 1 amide bonds. The summed E-state index contributed by atoms with van der Waals surface area (Å²) in [6.45, 7) is 3.65. The highest BCUT2D eigenvalue weighted by Gasteiger charge is 2.13. The Morgan fingerprint density at radius 2 is 1.86 bits per heavy atom. The number of carbonyl (C=O) groups is 1. The van der Waals surface area contributed by atoms with E-state index >= 15 is 0 Å². The van der Waals surface area contributed by atoms with E-state index in [1.165, 1.54) is 0 Å². The smallest absolute Gasteiger partial charge is 0.432 e. The molecule has 1 N–H and O–H groups in total. The quantitative estimate of drug-likeness (QED) is 0.694. The number of hydrogen-bond acceptors (Lipinski definition) is 3. The highest BCUT2D eigenvalue weighted by atomic mass is 35.5. The number of anilines is 1. The van der Waals surface area contributed by atoms with Crippen molar-refractivity contribution in [1.82, 2.24) is 4.98 Å². The summed E-state index contributed by atoms with van der Waals surface area (Å²) in [5, 5.41) is 14.4. The first-order valence-electron chi connectivity index (χ1n) is 6.14. The molecule has 2 rings (SSSR count). The zero-order chi connectivity index (χ0) is 14.5. The Morgan fingerprint density at radius 1 is 1.19 bits per heavy atom. The molecule has 0 radical (unpaired) electrons. The third kappa shape index (κ3) is 4.29. The van der Waals surface area contributed by atoms with E-state index in [1.54, 1.807) is 37.4 Å². The number of hydrazone groups is 1. The zero-order valence-corrected chi connectivity index (χ0v) is 12.5. The van der Waals surface area contributed by atoms with Gasteiger partial charge in [0.15, 0.2) is 0 Å². The first-order chi connectivity index (χ1) is 9.58. The molecule has 0 saturated heterocycles. The number of amides is 1. The van der Waals surface area contributed by atoms with Crippen molar-refractivity contribution in [3.8, 4) is 0 Å². The van der Waals surface area contributed by atoms with Crippen LogP contribution in [0.15, 0.2) is 53.8 Å². The van der Waals surface area contributed by atoms with Crippen LogP contribution in [0, 0.1) is 6.92 Å². The number of pyridine rings is 1. The summed E-state index contributed by atoms with van der Waals surface area (Å²) in [6.07, 6.45) is 0.551. The van der Waals surface area contributed by atoms with Crippen molar-refractivity contribution in [2.75, 3.05) is 5.01 Å². The lowest BCUT2D eigenvalue weighted by Gasteiger charge is -2.14. The molecule has 0 saturated carbocycles. The van der Waals surface area contributed by atoms with Gasteiger partial charge in [-0.1, -0.05) is 18.2 Å². The zero-order valence-electron chi connectivity index (χ0n) is 11.7. The number of para-hydroxylation sites is 1. The maximum Gasteiger partial charge on any atom is 0.432 e. The number of aryl methyl sites for hydroxylation is 1. The van der Waals surface area contributed by atoms with E-state index in [0.717, 1.165) is 16.3 Å². The Kier molecular flexibility index (Phi) is 5.87. The van der Waals surface area contributed by atoms with Crippen LogP contribution in [0.2, 0.25) is 0 Å². The Bertz CT molecular complexity index is 627. The minimum absolute atomic E-state index is 0. The summed E-state index contributed by atoms with van der Waals surface area (Å²) < 4.78 is 0. The summed E-state index contributed by atoms with van der Waals surface area (Å²) >= 11 is 0. The number of nitrogens with zero attached hydrogens (tertiary/aromatic N) is 3. The van der Waals surface area contributed by atoms with Crippen LogP contribution in [-0.4, -0.2) is 21.9 Å². The van der Waals surface area contributed by atoms with Crippen LogP contribution in [0.5, 0.6) is 0 Å². The number of rotatable bonds is 3. The van der Waals surface area contributed by atoms with Crippen LogP contribution in [-0.2, 0) is 0 Å². The van der Waals surface area contributed by atoms with Crippen LogP contribution in [0.25, 0.3) is 0 Å². The van der Waals surface area contributed by atoms with E-state index in [-0.39, 0.29) is 12.4 Å². The predicted molar refractivity (Wildman–Crippen MR) is 85.4 cm³/mol. The summed E-state index contributed by atoms with van der Waals surface area (Å²) in [6, 6.07) is 12.5. The van der Waals surface area contributed by atoms with Crippen molar-refractivity contribution in [3.63, 3.8) is 0 Å². The van der Waals surface area contributed by atoms with Crippen LogP contribution < -0.4 is 5.01 Å². The highest BCUT2D eigenvalue weighted by Crippen LogP contribution is 2.15. The number of halogens is 1.